The number of pyridine rings is 1. The molecule has 8 rings (SSSR count). The number of rotatable bonds is 6. The van der Waals surface area contributed by atoms with Crippen molar-refractivity contribution in [1.82, 2.24) is 19.3 Å². The number of nitrogens with zero attached hydrogens (tertiary/aromatic N) is 4. The van der Waals surface area contributed by atoms with E-state index in [1.165, 1.54) is 5.56 Å². The molecule has 0 aliphatic heterocycles. The van der Waals surface area contributed by atoms with Crippen molar-refractivity contribution in [2.45, 2.75) is 47.0 Å². The van der Waals surface area contributed by atoms with Crippen molar-refractivity contribution in [3.8, 4) is 45.3 Å². The van der Waals surface area contributed by atoms with E-state index in [4.69, 9.17) is 14.8 Å². The molecule has 0 saturated carbocycles. The second kappa shape index (κ2) is 13.5. The van der Waals surface area contributed by atoms with Crippen LogP contribution in [0, 0.1) is 32.9 Å². The van der Waals surface area contributed by atoms with Gasteiger partial charge in [0.2, 0.25) is 0 Å². The molecule has 0 atom stereocenters. The average Bonchev–Trinajstić information content (AvgIpc) is 3.60. The largest absolute Gasteiger partial charge is 2.00 e. The Hall–Kier alpha value is -5.25. The minimum Gasteiger partial charge on any atom is -0.509 e. The van der Waals surface area contributed by atoms with Gasteiger partial charge in [0.05, 0.1) is 5.69 Å². The zero-order valence-corrected chi connectivity index (χ0v) is 31.8. The van der Waals surface area contributed by atoms with Gasteiger partial charge in [0.15, 0.2) is 0 Å². The van der Waals surface area contributed by atoms with Gasteiger partial charge in [-0.1, -0.05) is 99.1 Å². The van der Waals surface area contributed by atoms with Gasteiger partial charge < -0.3 is 9.30 Å². The van der Waals surface area contributed by atoms with E-state index >= 15 is 0 Å². The summed E-state index contributed by atoms with van der Waals surface area (Å²) in [6.45, 7) is 12.9. The molecule has 0 amide bonds. The van der Waals surface area contributed by atoms with Crippen molar-refractivity contribution in [3.05, 3.63) is 156 Å². The molecule has 0 radical (unpaired) electrons. The molecule has 3 aromatic heterocycles. The predicted octanol–water partition coefficient (Wildman–Crippen LogP) is 11.3. The smallest absolute Gasteiger partial charge is 0.509 e. The molecule has 0 bridgehead atoms. The Labute approximate surface area is 313 Å². The molecule has 0 aliphatic carbocycles. The number of aromatic nitrogens is 4. The molecule has 5 aromatic carbocycles. The van der Waals surface area contributed by atoms with Crippen LogP contribution in [0.25, 0.3) is 55.6 Å². The van der Waals surface area contributed by atoms with Gasteiger partial charge in [-0.05, 0) is 77.7 Å². The summed E-state index contributed by atoms with van der Waals surface area (Å²) in [6, 6.07) is 47.2. The molecule has 0 unspecified atom stereocenters. The molecular formula is C45H38N4OPt. The molecule has 0 N–H and O–H groups in total. The van der Waals surface area contributed by atoms with E-state index in [9.17, 15) is 0 Å². The van der Waals surface area contributed by atoms with Crippen molar-refractivity contribution in [3.63, 3.8) is 0 Å². The van der Waals surface area contributed by atoms with Crippen molar-refractivity contribution < 1.29 is 25.8 Å². The van der Waals surface area contributed by atoms with Crippen LogP contribution in [0.4, 0.5) is 0 Å². The number of aryl methyl sites for hydroxylation is 2. The molecule has 0 aliphatic rings. The molecule has 254 valence electrons. The number of hydrogen-bond acceptors (Lipinski definition) is 3. The second-order valence-electron chi connectivity index (χ2n) is 14.0. The summed E-state index contributed by atoms with van der Waals surface area (Å²) >= 11 is 0. The van der Waals surface area contributed by atoms with Crippen LogP contribution in [0.2, 0.25) is 0 Å². The summed E-state index contributed by atoms with van der Waals surface area (Å²) < 4.78 is 10.8. The molecule has 6 heteroatoms. The Morgan fingerprint density at radius 3 is 2.10 bits per heavy atom. The first-order valence-electron chi connectivity index (χ1n) is 17.0. The van der Waals surface area contributed by atoms with E-state index in [-0.39, 0.29) is 26.5 Å². The van der Waals surface area contributed by atoms with E-state index in [0.717, 1.165) is 72.5 Å². The third-order valence-corrected chi connectivity index (χ3v) is 9.38. The zero-order chi connectivity index (χ0) is 34.6. The molecule has 5 nitrogen and oxygen atoms in total. The summed E-state index contributed by atoms with van der Waals surface area (Å²) in [7, 11) is 0. The Balaban J connectivity index is 0.00000406. The fraction of sp³-hybridized carbons (Fsp3) is 0.156. The van der Waals surface area contributed by atoms with Crippen molar-refractivity contribution in [2.24, 2.45) is 0 Å². The molecule has 3 heterocycles. The predicted molar refractivity (Wildman–Crippen MR) is 204 cm³/mol. The summed E-state index contributed by atoms with van der Waals surface area (Å²) in [5, 5.41) is 7.20. The summed E-state index contributed by atoms with van der Waals surface area (Å²) in [5.41, 5.74) is 11.6. The fourth-order valence-corrected chi connectivity index (χ4v) is 6.82. The minimum absolute atomic E-state index is 0. The van der Waals surface area contributed by atoms with Gasteiger partial charge in [-0.15, -0.1) is 41.3 Å². The third kappa shape index (κ3) is 6.43. The maximum atomic E-state index is 6.66. The first kappa shape index (κ1) is 34.2. The minimum atomic E-state index is -0.131. The molecule has 0 saturated heterocycles. The van der Waals surface area contributed by atoms with Crippen molar-refractivity contribution in [2.75, 3.05) is 0 Å². The summed E-state index contributed by atoms with van der Waals surface area (Å²) in [4.78, 5) is 4.79. The van der Waals surface area contributed by atoms with E-state index in [1.807, 2.05) is 35.1 Å². The molecule has 51 heavy (non-hydrogen) atoms. The Kier molecular flexibility index (Phi) is 9.03. The summed E-state index contributed by atoms with van der Waals surface area (Å²) in [5.74, 6) is 2.05. The van der Waals surface area contributed by atoms with Gasteiger partial charge in [0.1, 0.15) is 5.82 Å². The molecule has 0 spiro atoms. The maximum absolute atomic E-state index is 6.66. The van der Waals surface area contributed by atoms with Gasteiger partial charge >= 0.3 is 21.1 Å². The monoisotopic (exact) mass is 845 g/mol. The van der Waals surface area contributed by atoms with E-state index < -0.39 is 0 Å². The Morgan fingerprint density at radius 2 is 1.39 bits per heavy atom. The van der Waals surface area contributed by atoms with E-state index in [1.54, 1.807) is 0 Å². The van der Waals surface area contributed by atoms with Crippen LogP contribution in [0.1, 0.15) is 43.3 Å². The number of benzene rings is 5. The molecular weight excluding hydrogens is 808 g/mol. The van der Waals surface area contributed by atoms with Gasteiger partial charge in [0, 0.05) is 34.5 Å². The first-order valence-corrected chi connectivity index (χ1v) is 17.0. The maximum Gasteiger partial charge on any atom is 2.00 e. The van der Waals surface area contributed by atoms with Crippen molar-refractivity contribution in [1.29, 1.82) is 0 Å². The van der Waals surface area contributed by atoms with Crippen molar-refractivity contribution >= 4 is 21.8 Å². The van der Waals surface area contributed by atoms with Crippen LogP contribution in [0.5, 0.6) is 11.5 Å². The van der Waals surface area contributed by atoms with Crippen LogP contribution in [0.3, 0.4) is 0 Å². The van der Waals surface area contributed by atoms with Gasteiger partial charge in [-0.25, -0.2) is 4.98 Å². The van der Waals surface area contributed by atoms with Crippen LogP contribution in [-0.2, 0) is 26.5 Å². The van der Waals surface area contributed by atoms with Gasteiger partial charge in [-0.2, -0.15) is 11.2 Å². The van der Waals surface area contributed by atoms with Gasteiger partial charge in [-0.3, -0.25) is 4.68 Å². The third-order valence-electron chi connectivity index (χ3n) is 9.38. The number of hydrogen-bond donors (Lipinski definition) is 0. The average molecular weight is 846 g/mol. The van der Waals surface area contributed by atoms with E-state index in [2.05, 4.69) is 149 Å². The second-order valence-corrected chi connectivity index (χ2v) is 14.0. The van der Waals surface area contributed by atoms with E-state index in [0.29, 0.717) is 11.5 Å². The van der Waals surface area contributed by atoms with Crippen LogP contribution in [-0.4, -0.2) is 19.3 Å². The molecule has 8 aromatic rings. The topological polar surface area (TPSA) is 44.9 Å². The Bertz CT molecular complexity index is 2520. The summed E-state index contributed by atoms with van der Waals surface area (Å²) in [6.07, 6.45) is 1.86. The van der Waals surface area contributed by atoms with Crippen LogP contribution >= 0.6 is 0 Å². The number of ether oxygens (including phenoxy) is 1. The van der Waals surface area contributed by atoms with Crippen LogP contribution in [0.15, 0.2) is 121 Å². The number of fused-ring (bicyclic) bond motifs is 3. The normalized spacial score (nSPS) is 11.6. The first-order chi connectivity index (χ1) is 24.1. The standard InChI is InChI=1S/C45H38N4O.Pt/c1-29-21-22-46-43(23-29)48-41-20-17-34(32-13-9-7-10-14-32)24-40(41)39-19-18-37(28-42(39)48)50-38-26-35(45(4,5)6)25-36(27-38)49-31(3)44(30(2)47-49)33-15-11-8-12-16-33;/h7-26H,1-6H3;/q-2;+2. The molecule has 0 fully saturated rings. The quantitative estimate of drug-likeness (QED) is 0.157. The van der Waals surface area contributed by atoms with Gasteiger partial charge in [0.25, 0.3) is 0 Å². The van der Waals surface area contributed by atoms with Crippen LogP contribution < -0.4 is 4.74 Å². The fourth-order valence-electron chi connectivity index (χ4n) is 6.82. The SMILES string of the molecule is Cc1ccnc(-n2c3[c-]c(Oc4[c-]c(-n5nc(C)c(-c6ccccc6)c5C)cc(C(C)(C)C)c4)ccc3c3cc(-c4ccccc4)ccc32)c1.[Pt+2]. The Morgan fingerprint density at radius 1 is 0.667 bits per heavy atom. The zero-order valence-electron chi connectivity index (χ0n) is 29.6.